The predicted octanol–water partition coefficient (Wildman–Crippen LogP) is 1.96. The van der Waals surface area contributed by atoms with E-state index in [9.17, 15) is 10.1 Å². The van der Waals surface area contributed by atoms with Crippen LogP contribution in [0.1, 0.15) is 19.4 Å². The molecular formula is C14H23N3O2. The van der Waals surface area contributed by atoms with E-state index in [4.69, 9.17) is 5.73 Å². The Morgan fingerprint density at radius 3 is 2.42 bits per heavy atom. The van der Waals surface area contributed by atoms with E-state index >= 15 is 0 Å². The maximum atomic E-state index is 10.5. The maximum absolute atomic E-state index is 10.5. The van der Waals surface area contributed by atoms with Crippen LogP contribution in [0.4, 0.5) is 5.69 Å². The second kappa shape index (κ2) is 7.86. The summed E-state index contributed by atoms with van der Waals surface area (Å²) in [5.74, 6) is 1.08. The Balaban J connectivity index is 2.31. The van der Waals surface area contributed by atoms with Gasteiger partial charge in [-0.15, -0.1) is 0 Å². The molecule has 0 bridgehead atoms. The van der Waals surface area contributed by atoms with E-state index in [1.54, 1.807) is 12.1 Å². The molecule has 0 heterocycles. The van der Waals surface area contributed by atoms with Crippen molar-refractivity contribution in [2.75, 3.05) is 19.6 Å². The monoisotopic (exact) mass is 265 g/mol. The lowest BCUT2D eigenvalue weighted by Crippen LogP contribution is -2.32. The van der Waals surface area contributed by atoms with Crippen molar-refractivity contribution in [3.05, 3.63) is 39.9 Å². The molecule has 1 unspecified atom stereocenters. The zero-order valence-electron chi connectivity index (χ0n) is 11.6. The van der Waals surface area contributed by atoms with E-state index in [0.717, 1.165) is 25.1 Å². The number of nitro groups is 1. The van der Waals surface area contributed by atoms with Crippen LogP contribution in [0, 0.1) is 22.0 Å². The maximum Gasteiger partial charge on any atom is 0.269 e. The lowest BCUT2D eigenvalue weighted by molar-refractivity contribution is -0.384. The van der Waals surface area contributed by atoms with Gasteiger partial charge < -0.3 is 11.1 Å². The van der Waals surface area contributed by atoms with Gasteiger partial charge in [0, 0.05) is 12.1 Å². The summed E-state index contributed by atoms with van der Waals surface area (Å²) in [7, 11) is 0. The number of nitrogens with one attached hydrogen (secondary N) is 1. The van der Waals surface area contributed by atoms with Crippen molar-refractivity contribution >= 4 is 5.69 Å². The largest absolute Gasteiger partial charge is 0.330 e. The number of hydrogen-bond acceptors (Lipinski definition) is 4. The molecule has 0 saturated heterocycles. The van der Waals surface area contributed by atoms with Gasteiger partial charge in [-0.05, 0) is 43.5 Å². The molecule has 106 valence electrons. The van der Waals surface area contributed by atoms with Gasteiger partial charge in [-0.3, -0.25) is 10.1 Å². The molecule has 5 nitrogen and oxygen atoms in total. The molecule has 3 N–H and O–H groups in total. The number of benzene rings is 1. The van der Waals surface area contributed by atoms with Crippen LogP contribution in [0.5, 0.6) is 0 Å². The topological polar surface area (TPSA) is 81.2 Å². The van der Waals surface area contributed by atoms with E-state index < -0.39 is 0 Å². The van der Waals surface area contributed by atoms with Gasteiger partial charge in [0.1, 0.15) is 0 Å². The summed E-state index contributed by atoms with van der Waals surface area (Å²) in [6, 6.07) is 6.71. The van der Waals surface area contributed by atoms with Crippen molar-refractivity contribution < 1.29 is 4.92 Å². The zero-order chi connectivity index (χ0) is 14.3. The van der Waals surface area contributed by atoms with Crippen LogP contribution in [0.15, 0.2) is 24.3 Å². The van der Waals surface area contributed by atoms with Crippen LogP contribution in [-0.2, 0) is 6.42 Å². The second-order valence-electron chi connectivity index (χ2n) is 5.12. The molecule has 0 radical (unpaired) electrons. The summed E-state index contributed by atoms with van der Waals surface area (Å²) in [5, 5.41) is 13.9. The van der Waals surface area contributed by atoms with Crippen LogP contribution in [0.3, 0.4) is 0 Å². The van der Waals surface area contributed by atoms with Gasteiger partial charge in [0.2, 0.25) is 0 Å². The third-order valence-electron chi connectivity index (χ3n) is 3.39. The standard InChI is InChI=1S/C14H23N3O2/c1-11(2)13(9-15)10-16-8-7-12-3-5-14(6-4-12)17(18)19/h3-6,11,13,16H,7-10,15H2,1-2H3. The zero-order valence-corrected chi connectivity index (χ0v) is 11.6. The molecule has 0 aliphatic carbocycles. The highest BCUT2D eigenvalue weighted by Gasteiger charge is 2.10. The van der Waals surface area contributed by atoms with Crippen molar-refractivity contribution in [3.63, 3.8) is 0 Å². The summed E-state index contributed by atoms with van der Waals surface area (Å²) in [4.78, 5) is 10.1. The van der Waals surface area contributed by atoms with Gasteiger partial charge in [-0.25, -0.2) is 0 Å². The van der Waals surface area contributed by atoms with E-state index in [-0.39, 0.29) is 10.6 Å². The Kier molecular flexibility index (Phi) is 6.45. The van der Waals surface area contributed by atoms with Crippen molar-refractivity contribution in [3.8, 4) is 0 Å². The highest BCUT2D eigenvalue weighted by molar-refractivity contribution is 5.32. The number of rotatable bonds is 8. The molecule has 0 fully saturated rings. The first kappa shape index (κ1) is 15.6. The molecule has 0 saturated carbocycles. The Morgan fingerprint density at radius 2 is 1.95 bits per heavy atom. The Hall–Kier alpha value is -1.46. The number of nitro benzene ring substituents is 1. The molecule has 1 aromatic rings. The molecule has 1 rings (SSSR count). The van der Waals surface area contributed by atoms with Gasteiger partial charge >= 0.3 is 0 Å². The number of hydrogen-bond donors (Lipinski definition) is 2. The van der Waals surface area contributed by atoms with E-state index in [1.807, 2.05) is 12.1 Å². The SMILES string of the molecule is CC(C)C(CN)CNCCc1ccc([N+](=O)[O-])cc1. The van der Waals surface area contributed by atoms with Crippen molar-refractivity contribution in [2.24, 2.45) is 17.6 Å². The quantitative estimate of drug-likeness (QED) is 0.427. The van der Waals surface area contributed by atoms with Gasteiger partial charge in [0.25, 0.3) is 5.69 Å². The third kappa shape index (κ3) is 5.36. The van der Waals surface area contributed by atoms with Crippen LogP contribution < -0.4 is 11.1 Å². The lowest BCUT2D eigenvalue weighted by Gasteiger charge is -2.19. The van der Waals surface area contributed by atoms with Crippen LogP contribution in [-0.4, -0.2) is 24.6 Å². The van der Waals surface area contributed by atoms with Gasteiger partial charge in [0.05, 0.1) is 4.92 Å². The van der Waals surface area contributed by atoms with Crippen molar-refractivity contribution in [1.29, 1.82) is 0 Å². The number of nitrogens with two attached hydrogens (primary N) is 1. The van der Waals surface area contributed by atoms with Crippen molar-refractivity contribution in [1.82, 2.24) is 5.32 Å². The predicted molar refractivity (Wildman–Crippen MR) is 77.1 cm³/mol. The Labute approximate surface area is 114 Å². The number of nitrogens with zero attached hydrogens (tertiary/aromatic N) is 1. The fourth-order valence-electron chi connectivity index (χ4n) is 1.90. The highest BCUT2D eigenvalue weighted by Crippen LogP contribution is 2.12. The Morgan fingerprint density at radius 1 is 1.32 bits per heavy atom. The molecule has 0 aliphatic heterocycles. The summed E-state index contributed by atoms with van der Waals surface area (Å²) in [5.41, 5.74) is 6.95. The molecule has 0 spiro atoms. The third-order valence-corrected chi connectivity index (χ3v) is 3.39. The highest BCUT2D eigenvalue weighted by atomic mass is 16.6. The smallest absolute Gasteiger partial charge is 0.269 e. The Bertz CT molecular complexity index is 390. The van der Waals surface area contributed by atoms with Crippen LogP contribution in [0.2, 0.25) is 0 Å². The first-order chi connectivity index (χ1) is 9.04. The molecule has 0 aromatic heterocycles. The van der Waals surface area contributed by atoms with Gasteiger partial charge in [-0.1, -0.05) is 26.0 Å². The van der Waals surface area contributed by atoms with E-state index in [2.05, 4.69) is 19.2 Å². The minimum atomic E-state index is -0.378. The summed E-state index contributed by atoms with van der Waals surface area (Å²) >= 11 is 0. The van der Waals surface area contributed by atoms with Gasteiger partial charge in [0.15, 0.2) is 0 Å². The normalized spacial score (nSPS) is 12.6. The van der Waals surface area contributed by atoms with E-state index in [1.165, 1.54) is 0 Å². The molecule has 0 amide bonds. The molecule has 0 aliphatic rings. The second-order valence-corrected chi connectivity index (χ2v) is 5.12. The van der Waals surface area contributed by atoms with Crippen LogP contribution >= 0.6 is 0 Å². The molecular weight excluding hydrogens is 242 g/mol. The van der Waals surface area contributed by atoms with E-state index in [0.29, 0.717) is 18.4 Å². The molecule has 5 heteroatoms. The average molecular weight is 265 g/mol. The summed E-state index contributed by atoms with van der Waals surface area (Å²) in [6.07, 6.45) is 0.868. The summed E-state index contributed by atoms with van der Waals surface area (Å²) < 4.78 is 0. The molecule has 1 aromatic carbocycles. The average Bonchev–Trinajstić information content (AvgIpc) is 2.38. The fraction of sp³-hybridized carbons (Fsp3) is 0.571. The van der Waals surface area contributed by atoms with Crippen molar-refractivity contribution in [2.45, 2.75) is 20.3 Å². The first-order valence-corrected chi connectivity index (χ1v) is 6.68. The first-order valence-electron chi connectivity index (χ1n) is 6.68. The van der Waals surface area contributed by atoms with Gasteiger partial charge in [-0.2, -0.15) is 0 Å². The lowest BCUT2D eigenvalue weighted by atomic mass is 9.96. The minimum absolute atomic E-state index is 0.139. The fourth-order valence-corrected chi connectivity index (χ4v) is 1.90. The molecule has 1 atom stereocenters. The minimum Gasteiger partial charge on any atom is -0.330 e. The summed E-state index contributed by atoms with van der Waals surface area (Å²) in [6.45, 7) is 6.83. The number of non-ortho nitro benzene ring substituents is 1. The molecule has 19 heavy (non-hydrogen) atoms. The van der Waals surface area contributed by atoms with Crippen LogP contribution in [0.25, 0.3) is 0 Å².